The zero-order valence-electron chi connectivity index (χ0n) is 14.8. The lowest BCUT2D eigenvalue weighted by Crippen LogP contribution is -2.71. The summed E-state index contributed by atoms with van der Waals surface area (Å²) in [5.41, 5.74) is -1.03. The van der Waals surface area contributed by atoms with Gasteiger partial charge in [0.05, 0.1) is 23.0 Å². The Bertz CT molecular complexity index is 589. The van der Waals surface area contributed by atoms with Gasteiger partial charge in [0.2, 0.25) is 5.91 Å². The van der Waals surface area contributed by atoms with Crippen LogP contribution in [0.5, 0.6) is 0 Å². The van der Waals surface area contributed by atoms with Gasteiger partial charge in [-0.3, -0.25) is 9.69 Å². The minimum absolute atomic E-state index is 0.0921. The summed E-state index contributed by atoms with van der Waals surface area (Å²) < 4.78 is 6.33. The second-order valence-corrected chi connectivity index (χ2v) is 12.3. The Labute approximate surface area is 152 Å². The van der Waals surface area contributed by atoms with E-state index in [4.69, 9.17) is 4.43 Å². The molecule has 0 radical (unpaired) electrons. The summed E-state index contributed by atoms with van der Waals surface area (Å²) >= 11 is 0. The second-order valence-electron chi connectivity index (χ2n) is 7.51. The van der Waals surface area contributed by atoms with Gasteiger partial charge in [-0.15, -0.1) is 0 Å². The van der Waals surface area contributed by atoms with Crippen LogP contribution in [-0.2, 0) is 14.0 Å². The fourth-order valence-electron chi connectivity index (χ4n) is 3.12. The van der Waals surface area contributed by atoms with Crippen LogP contribution in [0.15, 0.2) is 10.6 Å². The van der Waals surface area contributed by atoms with Crippen LogP contribution in [0.25, 0.3) is 0 Å². The Kier molecular flexibility index (Phi) is 5.52. The highest BCUT2D eigenvalue weighted by Gasteiger charge is 2.64. The number of β-lactam (4-membered cyclic amide) rings is 1. The lowest BCUT2D eigenvalue weighted by atomic mass is 9.66. The highest BCUT2D eigenvalue weighted by atomic mass is 33.1. The predicted octanol–water partition coefficient (Wildman–Crippen LogP) is 2.26. The first kappa shape index (κ1) is 19.8. The molecular formula is C15H25NO5S2Si. The van der Waals surface area contributed by atoms with Crippen molar-refractivity contribution < 1.29 is 24.2 Å². The average Bonchev–Trinajstić information content (AvgIpc) is 2.43. The Hall–Kier alpha value is -0.483. The standard InChI is InChI=1S/C15H25NO5S2Si/c1-14(2,3)15(4,21-24(5)6)9-11(18)16-10(13(19)20)8(7-17)22-23-12(9)16/h9,12,17,24H,7H2,1-6H3,(H,19,20)/t9-,12+,15?/m0/s1. The van der Waals surface area contributed by atoms with E-state index in [1.807, 2.05) is 27.7 Å². The third-order valence-corrected chi connectivity index (χ3v) is 8.45. The molecule has 2 aliphatic heterocycles. The van der Waals surface area contributed by atoms with Crippen molar-refractivity contribution in [2.75, 3.05) is 6.61 Å². The van der Waals surface area contributed by atoms with Crippen LogP contribution in [0.3, 0.4) is 0 Å². The van der Waals surface area contributed by atoms with E-state index in [2.05, 4.69) is 13.1 Å². The third kappa shape index (κ3) is 3.05. The predicted molar refractivity (Wildman–Crippen MR) is 98.9 cm³/mol. The number of hydrogen-bond donors (Lipinski definition) is 2. The fourth-order valence-corrected chi connectivity index (χ4v) is 7.54. The van der Waals surface area contributed by atoms with E-state index in [-0.39, 0.29) is 29.0 Å². The largest absolute Gasteiger partial charge is 0.477 e. The molecule has 1 saturated heterocycles. The van der Waals surface area contributed by atoms with Crippen molar-refractivity contribution in [1.82, 2.24) is 4.90 Å². The third-order valence-electron chi connectivity index (χ3n) is 4.70. The molecular weight excluding hydrogens is 366 g/mol. The summed E-state index contributed by atoms with van der Waals surface area (Å²) in [6.07, 6.45) is 0. The number of amides is 1. The van der Waals surface area contributed by atoms with Crippen LogP contribution in [0.1, 0.15) is 27.7 Å². The van der Waals surface area contributed by atoms with Gasteiger partial charge in [0.25, 0.3) is 0 Å². The van der Waals surface area contributed by atoms with Crippen molar-refractivity contribution in [1.29, 1.82) is 0 Å². The number of aliphatic hydroxyl groups is 1. The number of nitrogens with zero attached hydrogens (tertiary/aromatic N) is 1. The molecule has 2 rings (SSSR count). The van der Waals surface area contributed by atoms with Gasteiger partial charge in [-0.25, -0.2) is 4.79 Å². The number of rotatable bonds is 5. The highest BCUT2D eigenvalue weighted by molar-refractivity contribution is 8.78. The van der Waals surface area contributed by atoms with Crippen LogP contribution in [0, 0.1) is 11.3 Å². The summed E-state index contributed by atoms with van der Waals surface area (Å²) in [5.74, 6) is -1.82. The van der Waals surface area contributed by atoms with Crippen LogP contribution in [0.2, 0.25) is 13.1 Å². The molecule has 0 aromatic carbocycles. The number of fused-ring (bicyclic) bond motifs is 1. The summed E-state index contributed by atoms with van der Waals surface area (Å²) in [6, 6.07) is 0. The van der Waals surface area contributed by atoms with Crippen molar-refractivity contribution in [3.63, 3.8) is 0 Å². The number of carboxylic acid groups (broad SMARTS) is 1. The molecule has 2 N–H and O–H groups in total. The SMILES string of the molecule is C[SiH](C)OC(C)([C@H]1C(=O)N2C(C(=O)O)=C(CO)SS[C@H]12)C(C)(C)C. The van der Waals surface area contributed by atoms with Crippen molar-refractivity contribution in [2.45, 2.75) is 51.8 Å². The molecule has 0 aliphatic carbocycles. The van der Waals surface area contributed by atoms with Crippen molar-refractivity contribution in [3.05, 3.63) is 10.6 Å². The topological polar surface area (TPSA) is 87.1 Å². The van der Waals surface area contributed by atoms with Crippen LogP contribution >= 0.6 is 21.6 Å². The summed E-state index contributed by atoms with van der Waals surface area (Å²) in [7, 11) is 1.25. The Balaban J connectivity index is 2.42. The van der Waals surface area contributed by atoms with Gasteiger partial charge in [-0.1, -0.05) is 42.4 Å². The van der Waals surface area contributed by atoms with Gasteiger partial charge in [0.1, 0.15) is 11.1 Å². The first-order valence-corrected chi connectivity index (χ1v) is 12.9. The smallest absolute Gasteiger partial charge is 0.353 e. The van der Waals surface area contributed by atoms with Gasteiger partial charge < -0.3 is 14.6 Å². The summed E-state index contributed by atoms with van der Waals surface area (Å²) in [6.45, 7) is 11.9. The van der Waals surface area contributed by atoms with Crippen LogP contribution in [-0.4, -0.2) is 53.6 Å². The molecule has 0 bridgehead atoms. The molecule has 0 saturated carbocycles. The van der Waals surface area contributed by atoms with Crippen LogP contribution < -0.4 is 0 Å². The molecule has 2 aliphatic rings. The molecule has 1 unspecified atom stereocenters. The Morgan fingerprint density at radius 1 is 1.33 bits per heavy atom. The maximum absolute atomic E-state index is 12.9. The van der Waals surface area contributed by atoms with E-state index in [1.54, 1.807) is 0 Å². The number of carboxylic acids is 1. The molecule has 136 valence electrons. The molecule has 9 heteroatoms. The molecule has 0 aromatic rings. The quantitative estimate of drug-likeness (QED) is 0.422. The Morgan fingerprint density at radius 2 is 1.92 bits per heavy atom. The molecule has 0 aromatic heterocycles. The number of carbonyl (C=O) groups excluding carboxylic acids is 1. The normalized spacial score (nSPS) is 27.0. The molecule has 24 heavy (non-hydrogen) atoms. The molecule has 6 nitrogen and oxygen atoms in total. The van der Waals surface area contributed by atoms with Gasteiger partial charge in [-0.2, -0.15) is 0 Å². The first-order chi connectivity index (χ1) is 11.0. The van der Waals surface area contributed by atoms with Crippen molar-refractivity contribution in [3.8, 4) is 0 Å². The molecule has 1 amide bonds. The van der Waals surface area contributed by atoms with E-state index in [0.717, 1.165) is 0 Å². The van der Waals surface area contributed by atoms with Crippen LogP contribution in [0.4, 0.5) is 0 Å². The molecule has 3 atom stereocenters. The minimum atomic E-state index is -1.42. The lowest BCUT2D eigenvalue weighted by Gasteiger charge is -2.59. The van der Waals surface area contributed by atoms with E-state index in [0.29, 0.717) is 4.91 Å². The first-order valence-electron chi connectivity index (χ1n) is 7.87. The van der Waals surface area contributed by atoms with Gasteiger partial charge in [0, 0.05) is 0 Å². The van der Waals surface area contributed by atoms with Gasteiger partial charge in [-0.05, 0) is 25.4 Å². The second kappa shape index (κ2) is 6.68. The fraction of sp³-hybridized carbons (Fsp3) is 0.733. The molecule has 1 fully saturated rings. The van der Waals surface area contributed by atoms with Crippen molar-refractivity contribution >= 4 is 42.5 Å². The molecule has 0 spiro atoms. The summed E-state index contributed by atoms with van der Waals surface area (Å²) in [4.78, 5) is 26.1. The van der Waals surface area contributed by atoms with Gasteiger partial charge in [0.15, 0.2) is 9.04 Å². The number of carbonyl (C=O) groups is 2. The number of aliphatic carboxylic acids is 1. The molecule has 2 heterocycles. The maximum atomic E-state index is 12.9. The van der Waals surface area contributed by atoms with E-state index < -0.39 is 26.5 Å². The lowest BCUT2D eigenvalue weighted by molar-refractivity contribution is -0.174. The maximum Gasteiger partial charge on any atom is 0.353 e. The van der Waals surface area contributed by atoms with E-state index in [9.17, 15) is 19.8 Å². The highest BCUT2D eigenvalue weighted by Crippen LogP contribution is 2.58. The minimum Gasteiger partial charge on any atom is -0.477 e. The zero-order chi connectivity index (χ0) is 18.4. The number of hydrogen-bond acceptors (Lipinski definition) is 6. The number of aliphatic hydroxyl groups excluding tert-OH is 1. The van der Waals surface area contributed by atoms with Crippen molar-refractivity contribution in [2.24, 2.45) is 11.3 Å². The average molecular weight is 392 g/mol. The van der Waals surface area contributed by atoms with Gasteiger partial charge >= 0.3 is 5.97 Å². The Morgan fingerprint density at radius 3 is 2.33 bits per heavy atom. The zero-order valence-corrected chi connectivity index (χ0v) is 17.6. The monoisotopic (exact) mass is 391 g/mol. The summed E-state index contributed by atoms with van der Waals surface area (Å²) in [5, 5.41) is 18.6. The van der Waals surface area contributed by atoms with E-state index in [1.165, 1.54) is 26.5 Å². The van der Waals surface area contributed by atoms with E-state index >= 15 is 0 Å².